The van der Waals surface area contributed by atoms with Crippen molar-refractivity contribution in [3.05, 3.63) is 47.8 Å². The Kier molecular flexibility index (Phi) is 8.46. The van der Waals surface area contributed by atoms with Crippen molar-refractivity contribution in [2.24, 2.45) is 0 Å². The highest BCUT2D eigenvalue weighted by Gasteiger charge is 2.73. The normalized spacial score (nSPS) is 13.7. The second kappa shape index (κ2) is 9.87. The van der Waals surface area contributed by atoms with Gasteiger partial charge < -0.3 is 4.74 Å². The second-order valence-corrected chi connectivity index (χ2v) is 5.80. The number of hydrogen-bond acceptors (Lipinski definition) is 2. The summed E-state index contributed by atoms with van der Waals surface area (Å²) in [6.07, 6.45) is -8.84. The molecule has 0 heterocycles. The van der Waals surface area contributed by atoms with Crippen LogP contribution in [-0.2, 0) is 15.1 Å². The van der Waals surface area contributed by atoms with Gasteiger partial charge in [0.05, 0.1) is 0 Å². The maximum absolute atomic E-state index is 13.4. The molecule has 0 aliphatic rings. The van der Waals surface area contributed by atoms with Crippen LogP contribution in [-0.4, -0.2) is 25.2 Å². The zero-order chi connectivity index (χ0) is 20.6. The Morgan fingerprint density at radius 1 is 0.889 bits per heavy atom. The molecule has 1 rings (SSSR count). The number of hydrogen-bond donors (Lipinski definition) is 0. The molecule has 0 atom stereocenters. The minimum atomic E-state index is -5.69. The quantitative estimate of drug-likeness (QED) is 0.208. The number of unbranched alkanes of at least 4 members (excludes halogenated alkanes) is 4. The third-order valence-corrected chi connectivity index (χ3v) is 3.85. The monoisotopic (exact) mass is 400 g/mol. The van der Waals surface area contributed by atoms with Crippen LogP contribution in [0.25, 0.3) is 0 Å². The summed E-state index contributed by atoms with van der Waals surface area (Å²) in [5, 5.41) is 0. The van der Waals surface area contributed by atoms with Crippen LogP contribution in [0.5, 0.6) is 0 Å². The smallest absolute Gasteiger partial charge is 0.354 e. The van der Waals surface area contributed by atoms with Gasteiger partial charge in [0.1, 0.15) is 0 Å². The molecule has 0 radical (unpaired) electrons. The first-order valence-corrected chi connectivity index (χ1v) is 8.20. The topological polar surface area (TPSA) is 26.3 Å². The van der Waals surface area contributed by atoms with Crippen LogP contribution < -0.4 is 0 Å². The van der Waals surface area contributed by atoms with Gasteiger partial charge in [0, 0.05) is 12.2 Å². The Bertz CT molecular complexity index is 592. The molecule has 0 N–H and O–H groups in total. The van der Waals surface area contributed by atoms with Gasteiger partial charge in [0.25, 0.3) is 5.60 Å². The Morgan fingerprint density at radius 3 is 1.96 bits per heavy atom. The first-order valence-electron chi connectivity index (χ1n) is 8.20. The predicted octanol–water partition coefficient (Wildman–Crippen LogP) is 6.03. The van der Waals surface area contributed by atoms with Crippen LogP contribution in [0.2, 0.25) is 0 Å². The average Bonchev–Trinajstić information content (AvgIpc) is 2.58. The predicted molar refractivity (Wildman–Crippen MR) is 84.5 cm³/mol. The summed E-state index contributed by atoms with van der Waals surface area (Å²) in [7, 11) is 0. The van der Waals surface area contributed by atoms with Gasteiger partial charge >= 0.3 is 12.4 Å². The van der Waals surface area contributed by atoms with Gasteiger partial charge in [-0.1, -0.05) is 43.2 Å². The number of halogens is 7. The van der Waals surface area contributed by atoms with Crippen molar-refractivity contribution < 1.29 is 40.3 Å². The minimum absolute atomic E-state index is 0.0272. The lowest BCUT2D eigenvalue weighted by Gasteiger charge is -2.37. The molecule has 0 amide bonds. The Morgan fingerprint density at radius 2 is 1.44 bits per heavy atom. The van der Waals surface area contributed by atoms with Crippen molar-refractivity contribution >= 4 is 6.29 Å². The lowest BCUT2D eigenvalue weighted by molar-refractivity contribution is -0.389. The molecular formula is C18H19F7O2. The summed E-state index contributed by atoms with van der Waals surface area (Å²) in [4.78, 5) is 10.0. The third kappa shape index (κ3) is 6.05. The number of carbonyl (C=O) groups excluding carboxylic acids is 1. The van der Waals surface area contributed by atoms with E-state index in [9.17, 15) is 35.5 Å². The fourth-order valence-corrected chi connectivity index (χ4v) is 2.52. The minimum Gasteiger partial charge on any atom is -0.354 e. The van der Waals surface area contributed by atoms with Crippen LogP contribution in [0.15, 0.2) is 42.2 Å². The van der Waals surface area contributed by atoms with E-state index in [1.807, 2.05) is 0 Å². The van der Waals surface area contributed by atoms with Gasteiger partial charge in [0.2, 0.25) is 0 Å². The summed E-state index contributed by atoms with van der Waals surface area (Å²) < 4.78 is 97.5. The van der Waals surface area contributed by atoms with Crippen molar-refractivity contribution in [1.82, 2.24) is 0 Å². The van der Waals surface area contributed by atoms with Crippen molar-refractivity contribution in [3.8, 4) is 0 Å². The largest absolute Gasteiger partial charge is 0.430 e. The number of ether oxygens (including phenoxy) is 1. The van der Waals surface area contributed by atoms with Crippen molar-refractivity contribution in [2.45, 2.75) is 50.1 Å². The standard InChI is InChI=1S/C18H19F7O2/c19-15(13-26)11-7-2-1-3-8-12-27-16(17(20,21)22,18(23,24)25)14-9-5-4-6-10-14/h4-6,9-11,13H,1-3,7-8,12H2. The van der Waals surface area contributed by atoms with E-state index in [0.717, 1.165) is 30.3 Å². The molecule has 0 spiro atoms. The molecule has 9 heteroatoms. The lowest BCUT2D eigenvalue weighted by atomic mass is 9.92. The van der Waals surface area contributed by atoms with Crippen molar-refractivity contribution in [2.75, 3.05) is 6.61 Å². The summed E-state index contributed by atoms with van der Waals surface area (Å²) in [5.74, 6) is -0.915. The summed E-state index contributed by atoms with van der Waals surface area (Å²) in [6, 6.07) is 4.93. The molecule has 0 fully saturated rings. The summed E-state index contributed by atoms with van der Waals surface area (Å²) in [5.41, 5.74) is -5.42. The van der Waals surface area contributed by atoms with Gasteiger partial charge in [-0.25, -0.2) is 4.39 Å². The Labute approximate surface area is 152 Å². The zero-order valence-corrected chi connectivity index (χ0v) is 14.2. The molecule has 0 aromatic heterocycles. The third-order valence-electron chi connectivity index (χ3n) is 3.85. The van der Waals surface area contributed by atoms with E-state index in [1.165, 1.54) is 6.07 Å². The first kappa shape index (κ1) is 23.1. The van der Waals surface area contributed by atoms with E-state index in [4.69, 9.17) is 0 Å². The second-order valence-electron chi connectivity index (χ2n) is 5.80. The number of rotatable bonds is 10. The van der Waals surface area contributed by atoms with Gasteiger partial charge in [-0.05, 0) is 25.3 Å². The Balaban J connectivity index is 2.73. The van der Waals surface area contributed by atoms with E-state index < -0.39 is 36.0 Å². The molecule has 27 heavy (non-hydrogen) atoms. The maximum atomic E-state index is 13.4. The van der Waals surface area contributed by atoms with Crippen molar-refractivity contribution in [3.63, 3.8) is 0 Å². The molecule has 0 saturated carbocycles. The highest BCUT2D eigenvalue weighted by molar-refractivity contribution is 5.69. The van der Waals surface area contributed by atoms with Gasteiger partial charge in [-0.2, -0.15) is 26.3 Å². The molecule has 0 aliphatic heterocycles. The molecule has 0 aliphatic carbocycles. The Hall–Kier alpha value is -1.90. The molecule has 1 aromatic carbocycles. The lowest BCUT2D eigenvalue weighted by Crippen LogP contribution is -2.56. The summed E-state index contributed by atoms with van der Waals surface area (Å²) >= 11 is 0. The van der Waals surface area contributed by atoms with Crippen molar-refractivity contribution in [1.29, 1.82) is 0 Å². The molecular weight excluding hydrogens is 381 g/mol. The SMILES string of the molecule is O=CC(F)=CCCCCCCOC(c1ccccc1)(C(F)(F)F)C(F)(F)F. The number of alkyl halides is 6. The number of aldehydes is 1. The zero-order valence-electron chi connectivity index (χ0n) is 14.2. The number of allylic oxidation sites excluding steroid dienone is 2. The molecule has 152 valence electrons. The van der Waals surface area contributed by atoms with Crippen LogP contribution in [0.1, 0.15) is 37.7 Å². The highest BCUT2D eigenvalue weighted by atomic mass is 19.4. The number of carbonyl (C=O) groups is 1. The average molecular weight is 400 g/mol. The molecule has 2 nitrogen and oxygen atoms in total. The number of benzene rings is 1. The van der Waals surface area contributed by atoms with Crippen LogP contribution in [0, 0.1) is 0 Å². The maximum Gasteiger partial charge on any atom is 0.430 e. The van der Waals surface area contributed by atoms with Gasteiger partial charge in [0.15, 0.2) is 12.1 Å². The van der Waals surface area contributed by atoms with Crippen LogP contribution in [0.3, 0.4) is 0 Å². The fourth-order valence-electron chi connectivity index (χ4n) is 2.52. The van der Waals surface area contributed by atoms with E-state index in [1.54, 1.807) is 0 Å². The first-order chi connectivity index (χ1) is 12.6. The fraction of sp³-hybridized carbons (Fsp3) is 0.500. The molecule has 1 aromatic rings. The van der Waals surface area contributed by atoms with Gasteiger partial charge in [-0.3, -0.25) is 4.79 Å². The molecule has 0 bridgehead atoms. The van der Waals surface area contributed by atoms with E-state index >= 15 is 0 Å². The molecule has 0 unspecified atom stereocenters. The highest BCUT2D eigenvalue weighted by Crippen LogP contribution is 2.52. The van der Waals surface area contributed by atoms with E-state index in [2.05, 4.69) is 4.74 Å². The summed E-state index contributed by atoms with van der Waals surface area (Å²) in [6.45, 7) is -0.744. The van der Waals surface area contributed by atoms with Crippen LogP contribution >= 0.6 is 0 Å². The van der Waals surface area contributed by atoms with Gasteiger partial charge in [-0.15, -0.1) is 0 Å². The van der Waals surface area contributed by atoms with E-state index in [-0.39, 0.29) is 19.1 Å². The molecule has 0 saturated heterocycles. The van der Waals surface area contributed by atoms with E-state index in [0.29, 0.717) is 19.3 Å². The van der Waals surface area contributed by atoms with Crippen LogP contribution in [0.4, 0.5) is 30.7 Å².